The van der Waals surface area contributed by atoms with Crippen molar-refractivity contribution in [2.24, 2.45) is 0 Å². The molecule has 0 saturated heterocycles. The van der Waals surface area contributed by atoms with Crippen LogP contribution >= 0.6 is 0 Å². The summed E-state index contributed by atoms with van der Waals surface area (Å²) in [6.07, 6.45) is 5.44. The van der Waals surface area contributed by atoms with Gasteiger partial charge in [0.1, 0.15) is 0 Å². The van der Waals surface area contributed by atoms with Gasteiger partial charge in [0, 0.05) is 12.1 Å². The van der Waals surface area contributed by atoms with Crippen LogP contribution in [0.15, 0.2) is 0 Å². The summed E-state index contributed by atoms with van der Waals surface area (Å²) in [6, 6.07) is 0. The highest BCUT2D eigenvalue weighted by Gasteiger charge is 2.27. The molecular formula is C15H28N2O. The van der Waals surface area contributed by atoms with E-state index in [1.165, 1.54) is 0 Å². The van der Waals surface area contributed by atoms with Gasteiger partial charge in [0.15, 0.2) is 0 Å². The van der Waals surface area contributed by atoms with Gasteiger partial charge in [-0.05, 0) is 24.7 Å². The maximum absolute atomic E-state index is 10.4. The van der Waals surface area contributed by atoms with E-state index in [2.05, 4.69) is 39.7 Å². The molecule has 0 bridgehead atoms. The first-order valence-electron chi connectivity index (χ1n) is 7.20. The molecule has 1 aromatic rings. The van der Waals surface area contributed by atoms with Gasteiger partial charge in [0.25, 0.3) is 0 Å². The van der Waals surface area contributed by atoms with Gasteiger partial charge in [-0.25, -0.2) is 4.68 Å². The molecule has 0 fully saturated rings. The van der Waals surface area contributed by atoms with E-state index < -0.39 is 0 Å². The van der Waals surface area contributed by atoms with E-state index in [1.807, 2.05) is 0 Å². The number of aromatic hydroxyl groups is 1. The Bertz CT molecular complexity index is 375. The Balaban J connectivity index is 3.06. The fourth-order valence-electron chi connectivity index (χ4n) is 2.25. The van der Waals surface area contributed by atoms with Crippen LogP contribution in [0.2, 0.25) is 0 Å². The summed E-state index contributed by atoms with van der Waals surface area (Å²) in [7, 11) is 0. The summed E-state index contributed by atoms with van der Waals surface area (Å²) in [6.45, 7) is 11.6. The lowest BCUT2D eigenvalue weighted by Crippen LogP contribution is -2.13. The van der Waals surface area contributed by atoms with Crippen LogP contribution in [0.4, 0.5) is 0 Å². The molecule has 1 rings (SSSR count). The lowest BCUT2D eigenvalue weighted by Gasteiger charge is -2.19. The maximum atomic E-state index is 10.4. The highest BCUT2D eigenvalue weighted by Crippen LogP contribution is 2.34. The van der Waals surface area contributed by atoms with Crippen LogP contribution in [0.1, 0.15) is 71.6 Å². The summed E-state index contributed by atoms with van der Waals surface area (Å²) in [4.78, 5) is 0. The maximum Gasteiger partial charge on any atom is 0.213 e. The Morgan fingerprint density at radius 3 is 2.22 bits per heavy atom. The molecule has 104 valence electrons. The van der Waals surface area contributed by atoms with Gasteiger partial charge in [0.05, 0.1) is 5.69 Å². The van der Waals surface area contributed by atoms with Crippen LogP contribution in [0, 0.1) is 0 Å². The molecule has 0 aliphatic carbocycles. The standard InChI is InChI=1S/C15H28N2O/c1-6-8-10-12-13(15(3,4)5)14(18)17(16-12)11-9-7-2/h18H,6-11H2,1-5H3. The van der Waals surface area contributed by atoms with Crippen LogP contribution in [-0.2, 0) is 18.4 Å². The highest BCUT2D eigenvalue weighted by molar-refractivity contribution is 5.37. The minimum absolute atomic E-state index is 0.0440. The van der Waals surface area contributed by atoms with E-state index in [4.69, 9.17) is 0 Å². The van der Waals surface area contributed by atoms with Crippen molar-refractivity contribution in [3.05, 3.63) is 11.3 Å². The van der Waals surface area contributed by atoms with Gasteiger partial charge in [-0.1, -0.05) is 47.5 Å². The second kappa shape index (κ2) is 6.26. The molecule has 0 atom stereocenters. The van der Waals surface area contributed by atoms with E-state index in [-0.39, 0.29) is 5.41 Å². The lowest BCUT2D eigenvalue weighted by atomic mass is 9.86. The molecule has 3 heteroatoms. The number of aryl methyl sites for hydroxylation is 2. The van der Waals surface area contributed by atoms with Crippen LogP contribution in [0.3, 0.4) is 0 Å². The largest absolute Gasteiger partial charge is 0.493 e. The zero-order valence-electron chi connectivity index (χ0n) is 12.6. The predicted molar refractivity (Wildman–Crippen MR) is 76.1 cm³/mol. The van der Waals surface area contributed by atoms with Crippen LogP contribution < -0.4 is 0 Å². The Morgan fingerprint density at radius 2 is 1.72 bits per heavy atom. The summed E-state index contributed by atoms with van der Waals surface area (Å²) in [5.41, 5.74) is 2.07. The van der Waals surface area contributed by atoms with E-state index in [0.29, 0.717) is 5.88 Å². The molecule has 18 heavy (non-hydrogen) atoms. The van der Waals surface area contributed by atoms with Crippen LogP contribution in [-0.4, -0.2) is 14.9 Å². The smallest absolute Gasteiger partial charge is 0.213 e. The number of unbranched alkanes of at least 4 members (excludes halogenated alkanes) is 2. The first-order chi connectivity index (χ1) is 8.41. The van der Waals surface area contributed by atoms with Crippen molar-refractivity contribution >= 4 is 0 Å². The quantitative estimate of drug-likeness (QED) is 0.830. The molecule has 0 aliphatic rings. The average Bonchev–Trinajstić information content (AvgIpc) is 2.60. The zero-order chi connectivity index (χ0) is 13.8. The van der Waals surface area contributed by atoms with Gasteiger partial charge < -0.3 is 5.11 Å². The molecule has 0 unspecified atom stereocenters. The van der Waals surface area contributed by atoms with E-state index in [0.717, 1.165) is 49.9 Å². The van der Waals surface area contributed by atoms with E-state index in [9.17, 15) is 5.11 Å². The molecule has 0 aliphatic heterocycles. The molecule has 0 aromatic carbocycles. The number of aromatic nitrogens is 2. The fraction of sp³-hybridized carbons (Fsp3) is 0.800. The summed E-state index contributed by atoms with van der Waals surface area (Å²) in [5.74, 6) is 0.377. The van der Waals surface area contributed by atoms with Crippen molar-refractivity contribution in [1.82, 2.24) is 9.78 Å². The number of rotatable bonds is 6. The summed E-state index contributed by atoms with van der Waals surface area (Å²) < 4.78 is 1.79. The number of hydrogen-bond acceptors (Lipinski definition) is 2. The Labute approximate surface area is 111 Å². The van der Waals surface area contributed by atoms with Crippen molar-refractivity contribution in [1.29, 1.82) is 0 Å². The van der Waals surface area contributed by atoms with Crippen molar-refractivity contribution in [2.45, 2.75) is 78.7 Å². The highest BCUT2D eigenvalue weighted by atomic mass is 16.3. The fourth-order valence-corrected chi connectivity index (χ4v) is 2.25. The molecular weight excluding hydrogens is 224 g/mol. The van der Waals surface area contributed by atoms with Crippen LogP contribution in [0.5, 0.6) is 5.88 Å². The van der Waals surface area contributed by atoms with Crippen LogP contribution in [0.25, 0.3) is 0 Å². The first-order valence-corrected chi connectivity index (χ1v) is 7.20. The van der Waals surface area contributed by atoms with Crippen molar-refractivity contribution in [3.8, 4) is 5.88 Å². The third kappa shape index (κ3) is 3.50. The molecule has 0 spiro atoms. The molecule has 0 saturated carbocycles. The normalized spacial score (nSPS) is 12.1. The van der Waals surface area contributed by atoms with Crippen molar-refractivity contribution in [2.75, 3.05) is 0 Å². The van der Waals surface area contributed by atoms with Gasteiger partial charge in [-0.2, -0.15) is 5.10 Å². The SMILES string of the molecule is CCCCc1nn(CCCC)c(O)c1C(C)(C)C. The zero-order valence-corrected chi connectivity index (χ0v) is 12.6. The van der Waals surface area contributed by atoms with Gasteiger partial charge in [0.2, 0.25) is 5.88 Å². The lowest BCUT2D eigenvalue weighted by molar-refractivity contribution is 0.380. The Morgan fingerprint density at radius 1 is 1.11 bits per heavy atom. The van der Waals surface area contributed by atoms with E-state index >= 15 is 0 Å². The minimum atomic E-state index is -0.0440. The topological polar surface area (TPSA) is 38.0 Å². The third-order valence-corrected chi connectivity index (χ3v) is 3.24. The monoisotopic (exact) mass is 252 g/mol. The third-order valence-electron chi connectivity index (χ3n) is 3.24. The van der Waals surface area contributed by atoms with Crippen molar-refractivity contribution in [3.63, 3.8) is 0 Å². The van der Waals surface area contributed by atoms with Gasteiger partial charge >= 0.3 is 0 Å². The average molecular weight is 252 g/mol. The Kier molecular flexibility index (Phi) is 5.24. The summed E-state index contributed by atoms with van der Waals surface area (Å²) >= 11 is 0. The number of hydrogen-bond donors (Lipinski definition) is 1. The van der Waals surface area contributed by atoms with E-state index in [1.54, 1.807) is 4.68 Å². The second-order valence-electron chi connectivity index (χ2n) is 6.08. The predicted octanol–water partition coefficient (Wildman–Crippen LogP) is 4.03. The second-order valence-corrected chi connectivity index (χ2v) is 6.08. The minimum Gasteiger partial charge on any atom is -0.493 e. The van der Waals surface area contributed by atoms with Crippen molar-refractivity contribution < 1.29 is 5.11 Å². The molecule has 1 heterocycles. The molecule has 0 amide bonds. The first kappa shape index (κ1) is 15.1. The molecule has 1 aromatic heterocycles. The van der Waals surface area contributed by atoms with Gasteiger partial charge in [-0.3, -0.25) is 0 Å². The van der Waals surface area contributed by atoms with Gasteiger partial charge in [-0.15, -0.1) is 0 Å². The molecule has 1 N–H and O–H groups in total. The Hall–Kier alpha value is -0.990. The number of nitrogens with zero attached hydrogens (tertiary/aromatic N) is 2. The molecule has 0 radical (unpaired) electrons. The summed E-state index contributed by atoms with van der Waals surface area (Å²) in [5, 5.41) is 15.0. The molecule has 3 nitrogen and oxygen atoms in total.